The number of amides is 2. The Kier molecular flexibility index (Phi) is 7.25. The highest BCUT2D eigenvalue weighted by Crippen LogP contribution is 2.44. The van der Waals surface area contributed by atoms with E-state index in [1.54, 1.807) is 6.92 Å². The number of ether oxygens (including phenoxy) is 2. The summed E-state index contributed by atoms with van der Waals surface area (Å²) in [5.41, 5.74) is 4.51. The molecule has 2 aromatic rings. The first-order valence-corrected chi connectivity index (χ1v) is 10.0. The summed E-state index contributed by atoms with van der Waals surface area (Å²) in [4.78, 5) is 35.4. The number of alkyl carbamates (subject to hydrolysis) is 1. The maximum absolute atomic E-state index is 12.3. The fourth-order valence-corrected chi connectivity index (χ4v) is 3.77. The number of benzene rings is 2. The van der Waals surface area contributed by atoms with Gasteiger partial charge in [-0.3, -0.25) is 4.79 Å². The number of hydrogen-bond donors (Lipinski definition) is 3. The number of rotatable bonds is 9. The van der Waals surface area contributed by atoms with Gasteiger partial charge in [-0.25, -0.2) is 9.59 Å². The van der Waals surface area contributed by atoms with Gasteiger partial charge in [-0.05, 0) is 29.2 Å². The predicted molar refractivity (Wildman–Crippen MR) is 114 cm³/mol. The fourth-order valence-electron chi connectivity index (χ4n) is 3.77. The van der Waals surface area contributed by atoms with Crippen LogP contribution in [0.25, 0.3) is 11.1 Å². The predicted octanol–water partition coefficient (Wildman–Crippen LogP) is 2.52. The maximum Gasteiger partial charge on any atom is 0.407 e. The zero-order valence-electron chi connectivity index (χ0n) is 17.5. The van der Waals surface area contributed by atoms with E-state index in [1.807, 2.05) is 36.4 Å². The molecule has 3 N–H and O–H groups in total. The number of aliphatic carboxylic acids is 1. The quantitative estimate of drug-likeness (QED) is 0.568. The van der Waals surface area contributed by atoms with Crippen LogP contribution in [0.3, 0.4) is 0 Å². The largest absolute Gasteiger partial charge is 0.480 e. The first-order chi connectivity index (χ1) is 14.9. The molecule has 0 saturated heterocycles. The smallest absolute Gasteiger partial charge is 0.407 e. The normalized spacial score (nSPS) is 14.1. The van der Waals surface area contributed by atoms with Crippen LogP contribution in [0.15, 0.2) is 48.5 Å². The molecule has 2 atom stereocenters. The summed E-state index contributed by atoms with van der Waals surface area (Å²) >= 11 is 0. The summed E-state index contributed by atoms with van der Waals surface area (Å²) in [6, 6.07) is 14.4. The summed E-state index contributed by atoms with van der Waals surface area (Å²) in [5.74, 6) is -1.75. The van der Waals surface area contributed by atoms with Crippen LogP contribution >= 0.6 is 0 Å². The van der Waals surface area contributed by atoms with E-state index >= 15 is 0 Å². The number of methoxy groups -OCH3 is 1. The van der Waals surface area contributed by atoms with Gasteiger partial charge in [0.05, 0.1) is 6.61 Å². The topological polar surface area (TPSA) is 114 Å². The van der Waals surface area contributed by atoms with Gasteiger partial charge in [0.25, 0.3) is 0 Å². The van der Waals surface area contributed by atoms with E-state index < -0.39 is 30.1 Å². The van der Waals surface area contributed by atoms with Crippen molar-refractivity contribution in [2.45, 2.75) is 31.3 Å². The van der Waals surface area contributed by atoms with Crippen LogP contribution in [0.5, 0.6) is 0 Å². The number of fused-ring (bicyclic) bond motifs is 3. The lowest BCUT2D eigenvalue weighted by Gasteiger charge is -2.18. The van der Waals surface area contributed by atoms with Crippen LogP contribution in [0.2, 0.25) is 0 Å². The zero-order valence-corrected chi connectivity index (χ0v) is 17.5. The minimum absolute atomic E-state index is 0.0536. The van der Waals surface area contributed by atoms with E-state index in [-0.39, 0.29) is 25.6 Å². The third-order valence-electron chi connectivity index (χ3n) is 5.17. The summed E-state index contributed by atoms with van der Waals surface area (Å²) in [6.07, 6.45) is -0.716. The first kappa shape index (κ1) is 22.3. The Morgan fingerprint density at radius 1 is 1.00 bits per heavy atom. The van der Waals surface area contributed by atoms with Crippen molar-refractivity contribution in [3.05, 3.63) is 59.7 Å². The molecule has 0 aromatic heterocycles. The number of carbonyl (C=O) groups is 3. The summed E-state index contributed by atoms with van der Waals surface area (Å²) in [7, 11) is 1.35. The third kappa shape index (κ3) is 5.40. The van der Waals surface area contributed by atoms with E-state index in [0.29, 0.717) is 0 Å². The van der Waals surface area contributed by atoms with Crippen molar-refractivity contribution >= 4 is 18.0 Å². The Hall–Kier alpha value is -3.39. The van der Waals surface area contributed by atoms with Crippen molar-refractivity contribution in [1.29, 1.82) is 0 Å². The minimum Gasteiger partial charge on any atom is -0.480 e. The number of hydrogen-bond acceptors (Lipinski definition) is 5. The zero-order chi connectivity index (χ0) is 22.4. The Labute approximate surface area is 180 Å². The van der Waals surface area contributed by atoms with Crippen molar-refractivity contribution in [2.24, 2.45) is 0 Å². The van der Waals surface area contributed by atoms with E-state index in [0.717, 1.165) is 22.3 Å². The molecular formula is C23H26N2O6. The molecule has 0 spiro atoms. The molecule has 3 rings (SSSR count). The van der Waals surface area contributed by atoms with Gasteiger partial charge < -0.3 is 25.2 Å². The molecule has 8 nitrogen and oxygen atoms in total. The summed E-state index contributed by atoms with van der Waals surface area (Å²) < 4.78 is 10.2. The van der Waals surface area contributed by atoms with Crippen molar-refractivity contribution in [2.75, 3.05) is 20.3 Å². The summed E-state index contributed by atoms with van der Waals surface area (Å²) in [6.45, 7) is 1.68. The molecule has 0 bridgehead atoms. The van der Waals surface area contributed by atoms with E-state index in [9.17, 15) is 14.4 Å². The molecule has 0 fully saturated rings. The van der Waals surface area contributed by atoms with Gasteiger partial charge >= 0.3 is 12.1 Å². The molecule has 31 heavy (non-hydrogen) atoms. The van der Waals surface area contributed by atoms with Crippen LogP contribution in [-0.2, 0) is 19.1 Å². The second-order valence-electron chi connectivity index (χ2n) is 7.49. The van der Waals surface area contributed by atoms with Gasteiger partial charge in [0.2, 0.25) is 5.91 Å². The highest BCUT2D eigenvalue weighted by Gasteiger charge is 2.29. The Balaban J connectivity index is 1.52. The monoisotopic (exact) mass is 426 g/mol. The van der Waals surface area contributed by atoms with Crippen LogP contribution in [-0.4, -0.2) is 55.5 Å². The number of carbonyl (C=O) groups excluding carboxylic acids is 2. The van der Waals surface area contributed by atoms with Crippen molar-refractivity contribution in [3.63, 3.8) is 0 Å². The average Bonchev–Trinajstić information content (AvgIpc) is 3.05. The summed E-state index contributed by atoms with van der Waals surface area (Å²) in [5, 5.41) is 14.0. The molecule has 2 aromatic carbocycles. The van der Waals surface area contributed by atoms with Crippen molar-refractivity contribution < 1.29 is 29.0 Å². The third-order valence-corrected chi connectivity index (χ3v) is 5.17. The lowest BCUT2D eigenvalue weighted by atomic mass is 9.98. The SMILES string of the molecule is COCC(NC(=O)CC(C)NC(=O)OCC1c2ccccc2-c2ccccc21)C(=O)O. The van der Waals surface area contributed by atoms with Gasteiger partial charge in [-0.15, -0.1) is 0 Å². The number of nitrogens with one attached hydrogen (secondary N) is 2. The van der Waals surface area contributed by atoms with E-state index in [1.165, 1.54) is 7.11 Å². The lowest BCUT2D eigenvalue weighted by molar-refractivity contribution is -0.143. The van der Waals surface area contributed by atoms with Crippen molar-refractivity contribution in [1.82, 2.24) is 10.6 Å². The molecule has 164 valence electrons. The van der Waals surface area contributed by atoms with Gasteiger partial charge in [0.1, 0.15) is 6.61 Å². The average molecular weight is 426 g/mol. The van der Waals surface area contributed by atoms with Gasteiger partial charge in [0, 0.05) is 25.5 Å². The Morgan fingerprint density at radius 3 is 2.13 bits per heavy atom. The fraction of sp³-hybridized carbons (Fsp3) is 0.348. The molecule has 0 heterocycles. The van der Waals surface area contributed by atoms with E-state index in [2.05, 4.69) is 22.8 Å². The molecule has 2 unspecified atom stereocenters. The second-order valence-corrected chi connectivity index (χ2v) is 7.49. The van der Waals surface area contributed by atoms with Gasteiger partial charge in [0.15, 0.2) is 6.04 Å². The number of carboxylic acid groups (broad SMARTS) is 1. The van der Waals surface area contributed by atoms with Gasteiger partial charge in [-0.2, -0.15) is 0 Å². The Morgan fingerprint density at radius 2 is 1.58 bits per heavy atom. The lowest BCUT2D eigenvalue weighted by Crippen LogP contribution is -2.46. The molecule has 1 aliphatic rings. The molecule has 0 radical (unpaired) electrons. The molecule has 0 aliphatic heterocycles. The molecular weight excluding hydrogens is 400 g/mol. The molecule has 8 heteroatoms. The molecule has 0 saturated carbocycles. The van der Waals surface area contributed by atoms with E-state index in [4.69, 9.17) is 14.6 Å². The minimum atomic E-state index is -1.19. The standard InChI is InChI=1S/C23H26N2O6/c1-14(11-21(26)25-20(13-30-2)22(27)28)24-23(29)31-12-19-17-9-5-3-7-15(17)16-8-4-6-10-18(16)19/h3-10,14,19-20H,11-13H2,1-2H3,(H,24,29)(H,25,26)(H,27,28). The molecule has 1 aliphatic carbocycles. The van der Waals surface area contributed by atoms with Crippen LogP contribution in [0.1, 0.15) is 30.4 Å². The van der Waals surface area contributed by atoms with Gasteiger partial charge in [-0.1, -0.05) is 48.5 Å². The second kappa shape index (κ2) is 10.1. The van der Waals surface area contributed by atoms with Crippen LogP contribution in [0, 0.1) is 0 Å². The van der Waals surface area contributed by atoms with Crippen molar-refractivity contribution in [3.8, 4) is 11.1 Å². The highest BCUT2D eigenvalue weighted by molar-refractivity contribution is 5.84. The number of carboxylic acids is 1. The van der Waals surface area contributed by atoms with Crippen LogP contribution < -0.4 is 10.6 Å². The first-order valence-electron chi connectivity index (χ1n) is 10.0. The van der Waals surface area contributed by atoms with Crippen LogP contribution in [0.4, 0.5) is 4.79 Å². The Bertz CT molecular complexity index is 915. The highest BCUT2D eigenvalue weighted by atomic mass is 16.5. The maximum atomic E-state index is 12.3. The molecule has 2 amide bonds.